The monoisotopic (exact) mass is 425 g/mol. The van der Waals surface area contributed by atoms with Gasteiger partial charge in [0, 0.05) is 23.1 Å². The number of quaternary nitrogens is 1. The van der Waals surface area contributed by atoms with Crippen molar-refractivity contribution in [1.82, 2.24) is 15.3 Å². The van der Waals surface area contributed by atoms with E-state index >= 15 is 0 Å². The first kappa shape index (κ1) is 20.8. The minimum Gasteiger partial charge on any atom is -0.355 e. The van der Waals surface area contributed by atoms with E-state index in [0.29, 0.717) is 11.5 Å². The van der Waals surface area contributed by atoms with Crippen LogP contribution >= 0.6 is 11.3 Å². The number of benzene rings is 1. The summed E-state index contributed by atoms with van der Waals surface area (Å²) in [5.41, 5.74) is 3.00. The summed E-state index contributed by atoms with van der Waals surface area (Å²) in [4.78, 5) is 36.0. The summed E-state index contributed by atoms with van der Waals surface area (Å²) >= 11 is 1.69. The van der Waals surface area contributed by atoms with Gasteiger partial charge in [0.15, 0.2) is 5.82 Å². The van der Waals surface area contributed by atoms with Crippen molar-refractivity contribution in [2.75, 3.05) is 14.1 Å². The molecule has 158 valence electrons. The highest BCUT2D eigenvalue weighted by molar-refractivity contribution is 7.18. The number of aromatic amines is 1. The second-order valence-corrected chi connectivity index (χ2v) is 9.59. The number of nitrogens with one attached hydrogen (secondary N) is 3. The number of hydrogen-bond acceptors (Lipinski definition) is 4. The van der Waals surface area contributed by atoms with Crippen LogP contribution in [0.15, 0.2) is 29.1 Å². The van der Waals surface area contributed by atoms with Crippen molar-refractivity contribution in [1.29, 1.82) is 0 Å². The number of thiophene rings is 1. The number of carbonyl (C=O) groups is 1. The molecule has 0 saturated heterocycles. The topological polar surface area (TPSA) is 79.3 Å². The Morgan fingerprint density at radius 2 is 2.10 bits per heavy atom. The fourth-order valence-corrected chi connectivity index (χ4v) is 5.59. The van der Waals surface area contributed by atoms with Gasteiger partial charge in [0.25, 0.3) is 11.5 Å². The molecule has 0 fully saturated rings. The number of carbonyl (C=O) groups excluding carboxylic acids is 1. The molecule has 30 heavy (non-hydrogen) atoms. The average molecular weight is 426 g/mol. The van der Waals surface area contributed by atoms with Crippen LogP contribution in [-0.2, 0) is 19.4 Å². The van der Waals surface area contributed by atoms with E-state index in [2.05, 4.69) is 31.2 Å². The third kappa shape index (κ3) is 3.91. The zero-order valence-corrected chi connectivity index (χ0v) is 18.8. The van der Waals surface area contributed by atoms with Crippen LogP contribution in [0.3, 0.4) is 0 Å². The summed E-state index contributed by atoms with van der Waals surface area (Å²) in [6.07, 6.45) is 3.17. The van der Waals surface area contributed by atoms with Crippen LogP contribution in [0.2, 0.25) is 0 Å². The molecule has 0 aliphatic heterocycles. The van der Waals surface area contributed by atoms with Crippen molar-refractivity contribution >= 4 is 27.5 Å². The van der Waals surface area contributed by atoms with Gasteiger partial charge in [0.2, 0.25) is 0 Å². The molecule has 3 N–H and O–H groups in total. The lowest BCUT2D eigenvalue weighted by molar-refractivity contribution is -0.924. The van der Waals surface area contributed by atoms with Gasteiger partial charge in [0.1, 0.15) is 17.4 Å². The lowest BCUT2D eigenvalue weighted by atomic mass is 9.89. The quantitative estimate of drug-likeness (QED) is 0.587. The van der Waals surface area contributed by atoms with Gasteiger partial charge in [-0.2, -0.15) is 0 Å². The Balaban J connectivity index is 1.56. The molecule has 3 atom stereocenters. The Labute approximate surface area is 180 Å². The van der Waals surface area contributed by atoms with E-state index in [9.17, 15) is 9.59 Å². The molecule has 7 heteroatoms. The first-order valence-corrected chi connectivity index (χ1v) is 11.4. The number of rotatable bonds is 5. The van der Waals surface area contributed by atoms with Gasteiger partial charge < -0.3 is 15.2 Å². The molecule has 1 aliphatic rings. The Hall–Kier alpha value is -2.51. The molecule has 2 aromatic heterocycles. The predicted molar refractivity (Wildman–Crippen MR) is 120 cm³/mol. The van der Waals surface area contributed by atoms with Gasteiger partial charge in [-0.15, -0.1) is 11.3 Å². The van der Waals surface area contributed by atoms with Crippen molar-refractivity contribution in [3.63, 3.8) is 0 Å². The van der Waals surface area contributed by atoms with Gasteiger partial charge in [0.05, 0.1) is 12.4 Å². The molecule has 1 amide bonds. The standard InChI is InChI=1S/C23H28N4O2S/c1-13-5-10-17-18(11-13)30-23-19(17)22(29)25-20(26-23)14(2)27(4)12-15-6-8-16(9-7-15)21(28)24-3/h6-9,13-14H,5,10-12H2,1-4H3,(H,24,28)(H,25,26,29)/p+1/t13-,14+/m0/s1. The Morgan fingerprint density at radius 1 is 1.37 bits per heavy atom. The Morgan fingerprint density at radius 3 is 2.80 bits per heavy atom. The van der Waals surface area contributed by atoms with E-state index in [1.54, 1.807) is 18.4 Å². The summed E-state index contributed by atoms with van der Waals surface area (Å²) < 4.78 is 0. The molecule has 1 unspecified atom stereocenters. The summed E-state index contributed by atoms with van der Waals surface area (Å²) in [7, 11) is 3.73. The minimum absolute atomic E-state index is 0.00312. The van der Waals surface area contributed by atoms with E-state index in [-0.39, 0.29) is 17.5 Å². The van der Waals surface area contributed by atoms with E-state index < -0.39 is 0 Å². The van der Waals surface area contributed by atoms with Crippen LogP contribution in [0.25, 0.3) is 10.2 Å². The second kappa shape index (κ2) is 8.32. The highest BCUT2D eigenvalue weighted by Gasteiger charge is 2.25. The molecular weight excluding hydrogens is 396 g/mol. The van der Waals surface area contributed by atoms with Crippen molar-refractivity contribution in [3.8, 4) is 0 Å². The van der Waals surface area contributed by atoms with Crippen LogP contribution in [0.1, 0.15) is 58.5 Å². The molecule has 0 bridgehead atoms. The van der Waals surface area contributed by atoms with Gasteiger partial charge in [-0.25, -0.2) is 4.98 Å². The van der Waals surface area contributed by atoms with Gasteiger partial charge in [-0.3, -0.25) is 9.59 Å². The van der Waals surface area contributed by atoms with Crippen LogP contribution in [-0.4, -0.2) is 30.0 Å². The number of nitrogens with zero attached hydrogens (tertiary/aromatic N) is 1. The maximum atomic E-state index is 12.9. The highest BCUT2D eigenvalue weighted by atomic mass is 32.1. The molecular formula is C23H29N4O2S+. The molecule has 0 saturated carbocycles. The van der Waals surface area contributed by atoms with E-state index in [1.165, 1.54) is 15.3 Å². The van der Waals surface area contributed by atoms with Crippen molar-refractivity contribution in [2.24, 2.45) is 5.92 Å². The fraction of sp³-hybridized carbons (Fsp3) is 0.435. The molecule has 1 aliphatic carbocycles. The smallest absolute Gasteiger partial charge is 0.260 e. The summed E-state index contributed by atoms with van der Waals surface area (Å²) in [5.74, 6) is 1.32. The van der Waals surface area contributed by atoms with E-state index in [4.69, 9.17) is 4.98 Å². The molecule has 0 spiro atoms. The number of aromatic nitrogens is 2. The number of amides is 1. The first-order valence-electron chi connectivity index (χ1n) is 10.5. The molecule has 6 nitrogen and oxygen atoms in total. The van der Waals surface area contributed by atoms with Crippen LogP contribution in [0.5, 0.6) is 0 Å². The third-order valence-electron chi connectivity index (χ3n) is 6.26. The zero-order chi connectivity index (χ0) is 21.4. The Bertz CT molecular complexity index is 1130. The molecule has 2 heterocycles. The Kier molecular flexibility index (Phi) is 5.75. The number of H-pyrrole nitrogens is 1. The largest absolute Gasteiger partial charge is 0.355 e. The minimum atomic E-state index is -0.0845. The van der Waals surface area contributed by atoms with Crippen molar-refractivity contribution < 1.29 is 9.69 Å². The highest BCUT2D eigenvalue weighted by Crippen LogP contribution is 2.35. The zero-order valence-electron chi connectivity index (χ0n) is 18.0. The number of hydrogen-bond donors (Lipinski definition) is 3. The third-order valence-corrected chi connectivity index (χ3v) is 7.41. The molecule has 1 aromatic carbocycles. The SMILES string of the molecule is CNC(=O)c1ccc(C[NH+](C)[C@H](C)c2nc3sc4c(c3c(=O)[nH]2)CC[C@H](C)C4)cc1. The number of aryl methyl sites for hydroxylation is 1. The summed E-state index contributed by atoms with van der Waals surface area (Å²) in [5, 5.41) is 3.44. The predicted octanol–water partition coefficient (Wildman–Crippen LogP) is 2.24. The fourth-order valence-electron chi connectivity index (χ4n) is 4.20. The number of fused-ring (bicyclic) bond motifs is 3. The molecule has 0 radical (unpaired) electrons. The lowest BCUT2D eigenvalue weighted by Crippen LogP contribution is -3.07. The van der Waals surface area contributed by atoms with E-state index in [0.717, 1.165) is 47.4 Å². The maximum Gasteiger partial charge on any atom is 0.260 e. The van der Waals surface area contributed by atoms with Crippen molar-refractivity contribution in [2.45, 2.75) is 45.7 Å². The van der Waals surface area contributed by atoms with E-state index in [1.807, 2.05) is 24.3 Å². The molecule has 3 aromatic rings. The second-order valence-electron chi connectivity index (χ2n) is 8.50. The van der Waals surface area contributed by atoms with Crippen LogP contribution in [0.4, 0.5) is 0 Å². The van der Waals surface area contributed by atoms with Gasteiger partial charge in [-0.05, 0) is 49.8 Å². The molecule has 4 rings (SSSR count). The average Bonchev–Trinajstić information content (AvgIpc) is 3.10. The summed E-state index contributed by atoms with van der Waals surface area (Å²) in [6, 6.07) is 7.69. The van der Waals surface area contributed by atoms with Crippen LogP contribution < -0.4 is 15.8 Å². The van der Waals surface area contributed by atoms with Gasteiger partial charge >= 0.3 is 0 Å². The summed E-state index contributed by atoms with van der Waals surface area (Å²) in [6.45, 7) is 5.14. The first-order chi connectivity index (χ1) is 14.4. The van der Waals surface area contributed by atoms with Crippen molar-refractivity contribution in [3.05, 3.63) is 62.0 Å². The normalized spacial score (nSPS) is 18.1. The maximum absolute atomic E-state index is 12.9. The van der Waals surface area contributed by atoms with Crippen LogP contribution in [0, 0.1) is 5.92 Å². The lowest BCUT2D eigenvalue weighted by Gasteiger charge is -2.21. The van der Waals surface area contributed by atoms with Gasteiger partial charge in [-0.1, -0.05) is 19.1 Å².